The molecular formula is C10H13NO4. The Hall–Kier alpha value is -1.75. The molecular weight excluding hydrogens is 198 g/mol. The van der Waals surface area contributed by atoms with Crippen molar-refractivity contribution in [3.8, 4) is 11.5 Å². The van der Waals surface area contributed by atoms with E-state index >= 15 is 0 Å². The summed E-state index contributed by atoms with van der Waals surface area (Å²) >= 11 is 0. The van der Waals surface area contributed by atoms with E-state index in [2.05, 4.69) is 0 Å². The van der Waals surface area contributed by atoms with Crippen LogP contribution in [0.1, 0.15) is 17.3 Å². The van der Waals surface area contributed by atoms with E-state index < -0.39 is 0 Å². The lowest BCUT2D eigenvalue weighted by Crippen LogP contribution is -2.01. The largest absolute Gasteiger partial charge is 0.493 e. The first kappa shape index (κ1) is 11.3. The Kier molecular flexibility index (Phi) is 3.51. The molecule has 0 aliphatic rings. The van der Waals surface area contributed by atoms with Crippen molar-refractivity contribution in [2.45, 2.75) is 6.92 Å². The van der Waals surface area contributed by atoms with Crippen LogP contribution in [-0.2, 0) is 0 Å². The Morgan fingerprint density at radius 3 is 2.40 bits per heavy atom. The van der Waals surface area contributed by atoms with Crippen LogP contribution in [0.5, 0.6) is 11.5 Å². The lowest BCUT2D eigenvalue weighted by atomic mass is 10.1. The molecule has 0 fully saturated rings. The Morgan fingerprint density at radius 2 is 2.00 bits per heavy atom. The number of benzene rings is 1. The van der Waals surface area contributed by atoms with Gasteiger partial charge in [0.05, 0.1) is 14.2 Å². The molecule has 0 atom stereocenters. The van der Waals surface area contributed by atoms with Crippen molar-refractivity contribution in [1.82, 2.24) is 0 Å². The van der Waals surface area contributed by atoms with E-state index in [9.17, 15) is 4.79 Å². The maximum absolute atomic E-state index is 11.2. The fraction of sp³-hybridized carbons (Fsp3) is 0.300. The van der Waals surface area contributed by atoms with E-state index in [0.717, 1.165) is 0 Å². The molecule has 1 aromatic rings. The van der Waals surface area contributed by atoms with Gasteiger partial charge in [-0.1, -0.05) is 0 Å². The Bertz CT molecular complexity index is 351. The maximum atomic E-state index is 11.2. The third-order valence-corrected chi connectivity index (χ3v) is 2.01. The average molecular weight is 211 g/mol. The van der Waals surface area contributed by atoms with Gasteiger partial charge >= 0.3 is 0 Å². The lowest BCUT2D eigenvalue weighted by Gasteiger charge is -2.12. The molecule has 5 nitrogen and oxygen atoms in total. The van der Waals surface area contributed by atoms with E-state index in [1.165, 1.54) is 27.2 Å². The zero-order chi connectivity index (χ0) is 11.4. The second kappa shape index (κ2) is 4.65. The second-order valence-electron chi connectivity index (χ2n) is 2.93. The summed E-state index contributed by atoms with van der Waals surface area (Å²) in [5, 5.41) is 8.88. The van der Waals surface area contributed by atoms with E-state index in [-0.39, 0.29) is 5.78 Å². The van der Waals surface area contributed by atoms with Crippen LogP contribution in [0, 0.1) is 0 Å². The predicted octanol–water partition coefficient (Wildman–Crippen LogP) is 1.71. The lowest BCUT2D eigenvalue weighted by molar-refractivity contribution is 0.101. The highest BCUT2D eigenvalue weighted by molar-refractivity contribution is 5.96. The zero-order valence-corrected chi connectivity index (χ0v) is 8.83. The van der Waals surface area contributed by atoms with Crippen molar-refractivity contribution < 1.29 is 19.5 Å². The summed E-state index contributed by atoms with van der Waals surface area (Å²) in [7, 11) is 2.91. The standard InChI is InChI=1S/C10H13NO4/c1-6(12)7-4-8(11-13)10(15-3)9(5-7)14-2/h4-5,11,13H,1-3H3. The van der Waals surface area contributed by atoms with Gasteiger partial charge in [-0.05, 0) is 19.1 Å². The molecule has 5 heteroatoms. The number of ether oxygens (including phenoxy) is 2. The Morgan fingerprint density at radius 1 is 1.33 bits per heavy atom. The van der Waals surface area contributed by atoms with Gasteiger partial charge in [-0.25, -0.2) is 0 Å². The minimum atomic E-state index is -0.118. The monoisotopic (exact) mass is 211 g/mol. The maximum Gasteiger partial charge on any atom is 0.186 e. The van der Waals surface area contributed by atoms with Crippen LogP contribution in [-0.4, -0.2) is 25.2 Å². The number of carbonyl (C=O) groups is 1. The molecule has 2 N–H and O–H groups in total. The normalized spacial score (nSPS) is 9.60. The number of methoxy groups -OCH3 is 2. The first-order valence-electron chi connectivity index (χ1n) is 4.31. The van der Waals surface area contributed by atoms with Gasteiger partial charge in [0.15, 0.2) is 17.3 Å². The summed E-state index contributed by atoms with van der Waals surface area (Å²) < 4.78 is 10.1. The number of hydrogen-bond donors (Lipinski definition) is 2. The smallest absolute Gasteiger partial charge is 0.186 e. The highest BCUT2D eigenvalue weighted by Crippen LogP contribution is 2.36. The third kappa shape index (κ3) is 2.19. The van der Waals surface area contributed by atoms with E-state index in [1.54, 1.807) is 6.07 Å². The molecule has 0 aromatic heterocycles. The van der Waals surface area contributed by atoms with Crippen LogP contribution in [0.15, 0.2) is 12.1 Å². The van der Waals surface area contributed by atoms with E-state index in [1.807, 2.05) is 5.48 Å². The average Bonchev–Trinajstić information content (AvgIpc) is 2.26. The number of Topliss-reactive ketones (excluding diaryl/α,β-unsaturated/α-hetero) is 1. The first-order chi connectivity index (χ1) is 7.13. The number of rotatable bonds is 4. The van der Waals surface area contributed by atoms with E-state index in [0.29, 0.717) is 22.7 Å². The number of hydrogen-bond acceptors (Lipinski definition) is 5. The van der Waals surface area contributed by atoms with Crippen molar-refractivity contribution in [1.29, 1.82) is 0 Å². The minimum absolute atomic E-state index is 0.118. The summed E-state index contributed by atoms with van der Waals surface area (Å²) in [5.41, 5.74) is 2.69. The van der Waals surface area contributed by atoms with Crippen LogP contribution in [0.4, 0.5) is 5.69 Å². The van der Waals surface area contributed by atoms with Gasteiger partial charge in [-0.2, -0.15) is 0 Å². The summed E-state index contributed by atoms with van der Waals surface area (Å²) in [6, 6.07) is 3.05. The molecule has 0 aliphatic heterocycles. The fourth-order valence-electron chi connectivity index (χ4n) is 1.25. The molecule has 0 bridgehead atoms. The van der Waals surface area contributed by atoms with Gasteiger partial charge in [-0.15, -0.1) is 0 Å². The van der Waals surface area contributed by atoms with E-state index in [4.69, 9.17) is 14.7 Å². The van der Waals surface area contributed by atoms with Gasteiger partial charge in [0.2, 0.25) is 0 Å². The number of ketones is 1. The molecule has 0 aliphatic carbocycles. The summed E-state index contributed by atoms with van der Waals surface area (Å²) in [5.74, 6) is 0.624. The molecule has 0 amide bonds. The summed E-state index contributed by atoms with van der Waals surface area (Å²) in [4.78, 5) is 11.2. The molecule has 0 spiro atoms. The van der Waals surface area contributed by atoms with Crippen molar-refractivity contribution in [2.24, 2.45) is 0 Å². The topological polar surface area (TPSA) is 67.8 Å². The minimum Gasteiger partial charge on any atom is -0.493 e. The number of nitrogens with one attached hydrogen (secondary N) is 1. The van der Waals surface area contributed by atoms with Crippen molar-refractivity contribution in [2.75, 3.05) is 19.7 Å². The van der Waals surface area contributed by atoms with Gasteiger partial charge in [0.25, 0.3) is 0 Å². The van der Waals surface area contributed by atoms with Crippen molar-refractivity contribution in [3.63, 3.8) is 0 Å². The molecule has 0 radical (unpaired) electrons. The van der Waals surface area contributed by atoms with Gasteiger partial charge < -0.3 is 9.47 Å². The molecule has 1 rings (SSSR count). The molecule has 0 unspecified atom stereocenters. The molecule has 0 saturated carbocycles. The first-order valence-corrected chi connectivity index (χ1v) is 4.31. The molecule has 0 heterocycles. The highest BCUT2D eigenvalue weighted by Gasteiger charge is 2.13. The van der Waals surface area contributed by atoms with Crippen molar-refractivity contribution >= 4 is 11.5 Å². The third-order valence-electron chi connectivity index (χ3n) is 2.01. The molecule has 1 aromatic carbocycles. The Balaban J connectivity index is 3.35. The van der Waals surface area contributed by atoms with Crippen LogP contribution in [0.3, 0.4) is 0 Å². The van der Waals surface area contributed by atoms with Crippen LogP contribution in [0.2, 0.25) is 0 Å². The van der Waals surface area contributed by atoms with Crippen LogP contribution < -0.4 is 15.0 Å². The number of carbonyl (C=O) groups excluding carboxylic acids is 1. The van der Waals surface area contributed by atoms with Crippen molar-refractivity contribution in [3.05, 3.63) is 17.7 Å². The van der Waals surface area contributed by atoms with Crippen LogP contribution >= 0.6 is 0 Å². The quantitative estimate of drug-likeness (QED) is 0.586. The van der Waals surface area contributed by atoms with Gasteiger partial charge in [-0.3, -0.25) is 15.5 Å². The molecule has 0 saturated heterocycles. The Labute approximate surface area is 87.6 Å². The highest BCUT2D eigenvalue weighted by atomic mass is 16.5. The predicted molar refractivity (Wildman–Crippen MR) is 55.0 cm³/mol. The summed E-state index contributed by atoms with van der Waals surface area (Å²) in [6.07, 6.45) is 0. The summed E-state index contributed by atoms with van der Waals surface area (Å²) in [6.45, 7) is 1.43. The van der Waals surface area contributed by atoms with Gasteiger partial charge in [0.1, 0.15) is 5.69 Å². The molecule has 15 heavy (non-hydrogen) atoms. The fourth-order valence-corrected chi connectivity index (χ4v) is 1.25. The van der Waals surface area contributed by atoms with Gasteiger partial charge in [0, 0.05) is 5.56 Å². The second-order valence-corrected chi connectivity index (χ2v) is 2.93. The van der Waals surface area contributed by atoms with Crippen LogP contribution in [0.25, 0.3) is 0 Å². The molecule has 82 valence electrons. The zero-order valence-electron chi connectivity index (χ0n) is 8.83. The SMILES string of the molecule is COc1cc(C(C)=O)cc(NO)c1OC. The number of anilines is 1.